The van der Waals surface area contributed by atoms with Gasteiger partial charge in [0.15, 0.2) is 0 Å². The maximum absolute atomic E-state index is 10.8. The Hall–Kier alpha value is -1.08. The summed E-state index contributed by atoms with van der Waals surface area (Å²) < 4.78 is 0. The third kappa shape index (κ3) is 8.67. The van der Waals surface area contributed by atoms with Gasteiger partial charge < -0.3 is 20.4 Å². The minimum absolute atomic E-state index is 0.0113. The van der Waals surface area contributed by atoms with E-state index in [0.29, 0.717) is 31.4 Å². The molecule has 0 aromatic heterocycles. The van der Waals surface area contributed by atoms with Gasteiger partial charge in [-0.05, 0) is 63.0 Å². The zero-order valence-electron chi connectivity index (χ0n) is 17.4. The highest BCUT2D eigenvalue weighted by Crippen LogP contribution is 2.40. The van der Waals surface area contributed by atoms with Crippen LogP contribution < -0.4 is 0 Å². The molecule has 2 rings (SSSR count). The molecule has 164 valence electrons. The Kier molecular flexibility index (Phi) is 9.96. The normalized spacial score (nSPS) is 26.3. The smallest absolute Gasteiger partial charge is 0.303 e. The molecule has 29 heavy (non-hydrogen) atoms. The number of benzene rings is 1. The summed E-state index contributed by atoms with van der Waals surface area (Å²) in [5.41, 5.74) is -0.824. The number of carboxylic acid groups (broad SMARTS) is 1. The lowest BCUT2D eigenvalue weighted by Gasteiger charge is -2.28. The van der Waals surface area contributed by atoms with Crippen molar-refractivity contribution in [3.63, 3.8) is 0 Å². The molecule has 0 spiro atoms. The molecule has 0 radical (unpaired) electrons. The molecule has 1 aliphatic carbocycles. The molecule has 1 aliphatic rings. The lowest BCUT2D eigenvalue weighted by molar-refractivity contribution is -0.137. The number of aliphatic carboxylic acids is 1. The van der Waals surface area contributed by atoms with Gasteiger partial charge in [0.25, 0.3) is 0 Å². The van der Waals surface area contributed by atoms with Crippen LogP contribution in [0.5, 0.6) is 0 Å². The van der Waals surface area contributed by atoms with Crippen LogP contribution in [-0.2, 0) is 4.79 Å². The zero-order valence-corrected chi connectivity index (χ0v) is 18.2. The second-order valence-electron chi connectivity index (χ2n) is 8.68. The molecule has 1 fully saturated rings. The molecule has 5 atom stereocenters. The van der Waals surface area contributed by atoms with Gasteiger partial charge in [-0.3, -0.25) is 4.79 Å². The van der Waals surface area contributed by atoms with E-state index < -0.39 is 23.8 Å². The Morgan fingerprint density at radius 1 is 1.03 bits per heavy atom. The molecule has 1 aromatic rings. The van der Waals surface area contributed by atoms with E-state index in [1.807, 2.05) is 37.3 Å². The lowest BCUT2D eigenvalue weighted by atomic mass is 9.83. The van der Waals surface area contributed by atoms with Crippen LogP contribution in [0.3, 0.4) is 0 Å². The van der Waals surface area contributed by atoms with Crippen LogP contribution in [0.25, 0.3) is 0 Å². The molecule has 1 saturated carbocycles. The molecular weight excluding hydrogens is 388 g/mol. The number of aliphatic hydroxyl groups excluding tert-OH is 2. The van der Waals surface area contributed by atoms with Crippen LogP contribution >= 0.6 is 11.8 Å². The van der Waals surface area contributed by atoms with Crippen molar-refractivity contribution in [3.8, 4) is 0 Å². The topological polar surface area (TPSA) is 98.0 Å². The fourth-order valence-electron chi connectivity index (χ4n) is 4.30. The van der Waals surface area contributed by atoms with Crippen molar-refractivity contribution in [3.05, 3.63) is 30.3 Å². The van der Waals surface area contributed by atoms with E-state index in [0.717, 1.165) is 30.6 Å². The van der Waals surface area contributed by atoms with Crippen molar-refractivity contribution in [1.82, 2.24) is 0 Å². The number of hydrogen-bond acceptors (Lipinski definition) is 5. The van der Waals surface area contributed by atoms with Crippen LogP contribution in [0.4, 0.5) is 0 Å². The average molecular weight is 425 g/mol. The number of unbranched alkanes of at least 4 members (excludes halogenated alkanes) is 3. The molecule has 4 N–H and O–H groups in total. The molecule has 0 bridgehead atoms. The highest BCUT2D eigenvalue weighted by Gasteiger charge is 2.41. The number of thioether (sulfide) groups is 1. The molecule has 5 nitrogen and oxygen atoms in total. The van der Waals surface area contributed by atoms with Gasteiger partial charge in [-0.15, -0.1) is 11.8 Å². The van der Waals surface area contributed by atoms with Crippen LogP contribution in [0.2, 0.25) is 0 Å². The third-order valence-corrected chi connectivity index (χ3v) is 7.38. The van der Waals surface area contributed by atoms with Crippen molar-refractivity contribution in [2.24, 2.45) is 11.8 Å². The fraction of sp³-hybridized carbons (Fsp3) is 0.696. The standard InChI is InChI=1S/C23H36O5S/c1-23(28,16-29-17-9-5-4-6-10-17)14-13-19-18(20(24)15-21(19)25)11-7-2-3-8-12-22(26)27/h4-6,9-10,18-21,24-25,28H,2-3,7-8,11-16H2,1H3,(H,26,27)/t18-,19-,20+,21-,23?/m1/s1. The van der Waals surface area contributed by atoms with E-state index in [4.69, 9.17) is 5.11 Å². The van der Waals surface area contributed by atoms with E-state index in [2.05, 4.69) is 0 Å². The Bertz CT molecular complexity index is 607. The number of aliphatic hydroxyl groups is 3. The van der Waals surface area contributed by atoms with Crippen LogP contribution in [0.1, 0.15) is 64.7 Å². The maximum Gasteiger partial charge on any atom is 0.303 e. The third-order valence-electron chi connectivity index (χ3n) is 6.01. The van der Waals surface area contributed by atoms with Crippen molar-refractivity contribution in [1.29, 1.82) is 0 Å². The zero-order chi connectivity index (χ0) is 21.3. The number of carboxylic acids is 1. The molecule has 0 amide bonds. The summed E-state index contributed by atoms with van der Waals surface area (Å²) in [6, 6.07) is 10.0. The van der Waals surface area contributed by atoms with E-state index in [9.17, 15) is 20.1 Å². The summed E-state index contributed by atoms with van der Waals surface area (Å²) >= 11 is 1.63. The fourth-order valence-corrected chi connectivity index (χ4v) is 5.27. The summed E-state index contributed by atoms with van der Waals surface area (Å²) in [6.45, 7) is 1.85. The Labute approximate surface area is 178 Å². The molecule has 1 aromatic carbocycles. The van der Waals surface area contributed by atoms with Gasteiger partial charge in [-0.1, -0.05) is 37.5 Å². The first kappa shape index (κ1) is 24.2. The predicted molar refractivity (Wildman–Crippen MR) is 116 cm³/mol. The highest BCUT2D eigenvalue weighted by molar-refractivity contribution is 7.99. The van der Waals surface area contributed by atoms with Crippen LogP contribution in [-0.4, -0.2) is 50.0 Å². The minimum Gasteiger partial charge on any atom is -0.481 e. The Morgan fingerprint density at radius 2 is 1.66 bits per heavy atom. The van der Waals surface area contributed by atoms with Crippen molar-refractivity contribution >= 4 is 17.7 Å². The van der Waals surface area contributed by atoms with Gasteiger partial charge in [0.05, 0.1) is 17.8 Å². The molecule has 0 heterocycles. The highest BCUT2D eigenvalue weighted by atomic mass is 32.2. The maximum atomic E-state index is 10.8. The molecule has 0 aliphatic heterocycles. The Morgan fingerprint density at radius 3 is 2.31 bits per heavy atom. The van der Waals surface area contributed by atoms with Crippen LogP contribution in [0, 0.1) is 11.8 Å². The van der Waals surface area contributed by atoms with Crippen LogP contribution in [0.15, 0.2) is 35.2 Å². The average Bonchev–Trinajstić information content (AvgIpc) is 2.94. The SMILES string of the molecule is CC(O)(CC[C@@H]1[C@@H](CCCCCCC(=O)O)[C@@H](O)C[C@H]1O)CSc1ccccc1. The van der Waals surface area contributed by atoms with Gasteiger partial charge in [-0.2, -0.15) is 0 Å². The second-order valence-corrected chi connectivity index (χ2v) is 9.73. The van der Waals surface area contributed by atoms with E-state index in [1.165, 1.54) is 0 Å². The van der Waals surface area contributed by atoms with E-state index in [-0.39, 0.29) is 18.3 Å². The summed E-state index contributed by atoms with van der Waals surface area (Å²) in [4.78, 5) is 11.7. The molecule has 6 heteroatoms. The summed E-state index contributed by atoms with van der Waals surface area (Å²) in [5, 5.41) is 40.3. The minimum atomic E-state index is -0.824. The van der Waals surface area contributed by atoms with E-state index in [1.54, 1.807) is 11.8 Å². The van der Waals surface area contributed by atoms with Gasteiger partial charge >= 0.3 is 5.97 Å². The van der Waals surface area contributed by atoms with Gasteiger partial charge in [-0.25, -0.2) is 0 Å². The second kappa shape index (κ2) is 11.9. The largest absolute Gasteiger partial charge is 0.481 e. The molecule has 0 saturated heterocycles. The number of rotatable bonds is 13. The van der Waals surface area contributed by atoms with Gasteiger partial charge in [0, 0.05) is 17.1 Å². The Balaban J connectivity index is 1.76. The summed E-state index contributed by atoms with van der Waals surface area (Å²) in [7, 11) is 0. The lowest BCUT2D eigenvalue weighted by Crippen LogP contribution is -2.31. The predicted octanol–water partition coefficient (Wildman–Crippen LogP) is 4.09. The first-order valence-corrected chi connectivity index (χ1v) is 11.8. The first-order chi connectivity index (χ1) is 13.8. The summed E-state index contributed by atoms with van der Waals surface area (Å²) in [6.07, 6.45) is 5.22. The van der Waals surface area contributed by atoms with Gasteiger partial charge in [0.2, 0.25) is 0 Å². The first-order valence-electron chi connectivity index (χ1n) is 10.8. The molecule has 1 unspecified atom stereocenters. The van der Waals surface area contributed by atoms with Gasteiger partial charge in [0.1, 0.15) is 0 Å². The number of carbonyl (C=O) groups is 1. The molecular formula is C23H36O5S. The summed E-state index contributed by atoms with van der Waals surface area (Å²) in [5.74, 6) is -0.0902. The monoisotopic (exact) mass is 424 g/mol. The van der Waals surface area contributed by atoms with Crippen molar-refractivity contribution in [2.45, 2.75) is 87.4 Å². The quantitative estimate of drug-likeness (QED) is 0.281. The van der Waals surface area contributed by atoms with E-state index >= 15 is 0 Å². The van der Waals surface area contributed by atoms with Crippen molar-refractivity contribution in [2.75, 3.05) is 5.75 Å². The number of hydrogen-bond donors (Lipinski definition) is 4. The van der Waals surface area contributed by atoms with Crippen molar-refractivity contribution < 1.29 is 25.2 Å².